The Hall–Kier alpha value is -2.35. The lowest BCUT2D eigenvalue weighted by Crippen LogP contribution is -2.53. The Morgan fingerprint density at radius 1 is 1.11 bits per heavy atom. The van der Waals surface area contributed by atoms with E-state index in [4.69, 9.17) is 4.42 Å². The first-order chi connectivity index (χ1) is 13.5. The number of hydrogen-bond donors (Lipinski definition) is 0. The van der Waals surface area contributed by atoms with Crippen LogP contribution in [0, 0.1) is 12.3 Å². The summed E-state index contributed by atoms with van der Waals surface area (Å²) in [6.07, 6.45) is 8.12. The zero-order valence-corrected chi connectivity index (χ0v) is 16.7. The maximum absolute atomic E-state index is 12.5. The molecule has 4 heterocycles. The van der Waals surface area contributed by atoms with E-state index in [1.165, 1.54) is 0 Å². The number of piperidine rings is 2. The van der Waals surface area contributed by atoms with Gasteiger partial charge in [0.05, 0.1) is 30.7 Å². The van der Waals surface area contributed by atoms with Gasteiger partial charge in [-0.1, -0.05) is 6.92 Å². The number of likely N-dealkylation sites (tertiary alicyclic amines) is 2. The van der Waals surface area contributed by atoms with Crippen molar-refractivity contribution in [3.8, 4) is 0 Å². The number of nitrogens with zero attached hydrogens (tertiary/aromatic N) is 6. The molecular formula is C20H28N6O2. The fourth-order valence-electron chi connectivity index (χ4n) is 4.41. The zero-order valence-electron chi connectivity index (χ0n) is 16.7. The second-order valence-electron chi connectivity index (χ2n) is 8.16. The summed E-state index contributed by atoms with van der Waals surface area (Å²) < 4.78 is 5.69. The van der Waals surface area contributed by atoms with Crippen LogP contribution < -0.4 is 0 Å². The lowest BCUT2D eigenvalue weighted by Gasteiger charge is -2.48. The van der Waals surface area contributed by atoms with Gasteiger partial charge in [0.15, 0.2) is 0 Å². The molecule has 1 unspecified atom stereocenters. The number of carbonyl (C=O) groups excluding carboxylic acids is 1. The predicted octanol–water partition coefficient (Wildman–Crippen LogP) is 2.14. The molecule has 8 heteroatoms. The molecule has 1 amide bonds. The highest BCUT2D eigenvalue weighted by atomic mass is 16.4. The topological polar surface area (TPSA) is 88.3 Å². The Kier molecular flexibility index (Phi) is 5.39. The normalized spacial score (nSPS) is 23.5. The van der Waals surface area contributed by atoms with E-state index in [9.17, 15) is 4.79 Å². The lowest BCUT2D eigenvalue weighted by molar-refractivity contribution is -0.140. The van der Waals surface area contributed by atoms with Crippen LogP contribution in [0.25, 0.3) is 0 Å². The summed E-state index contributed by atoms with van der Waals surface area (Å²) in [5.41, 5.74) is 1.87. The van der Waals surface area contributed by atoms with E-state index in [0.29, 0.717) is 31.3 Å². The molecular weight excluding hydrogens is 356 g/mol. The summed E-state index contributed by atoms with van der Waals surface area (Å²) in [5, 5.41) is 8.24. The second kappa shape index (κ2) is 7.95. The minimum atomic E-state index is 0.137. The van der Waals surface area contributed by atoms with Gasteiger partial charge in [0.25, 0.3) is 0 Å². The van der Waals surface area contributed by atoms with Gasteiger partial charge in [0.2, 0.25) is 17.7 Å². The highest BCUT2D eigenvalue weighted by Gasteiger charge is 2.42. The van der Waals surface area contributed by atoms with Gasteiger partial charge in [-0.25, -0.2) is 0 Å². The maximum atomic E-state index is 12.5. The Bertz CT molecular complexity index is 820. The van der Waals surface area contributed by atoms with Gasteiger partial charge in [0, 0.05) is 37.5 Å². The third-order valence-corrected chi connectivity index (χ3v) is 5.85. The number of aromatic nitrogens is 4. The minimum Gasteiger partial charge on any atom is -0.424 e. The average molecular weight is 384 g/mol. The van der Waals surface area contributed by atoms with Gasteiger partial charge >= 0.3 is 0 Å². The number of carbonyl (C=O) groups is 1. The molecule has 2 saturated heterocycles. The molecule has 2 aliphatic rings. The molecule has 2 aromatic rings. The number of rotatable bonds is 5. The maximum Gasteiger partial charge on any atom is 0.230 e. The van der Waals surface area contributed by atoms with Gasteiger partial charge in [-0.2, -0.15) is 0 Å². The Morgan fingerprint density at radius 2 is 1.96 bits per heavy atom. The van der Waals surface area contributed by atoms with Gasteiger partial charge in [-0.05, 0) is 32.7 Å². The largest absolute Gasteiger partial charge is 0.424 e. The highest BCUT2D eigenvalue weighted by molar-refractivity contribution is 5.77. The van der Waals surface area contributed by atoms with Crippen LogP contribution in [0.2, 0.25) is 0 Å². The van der Waals surface area contributed by atoms with Crippen molar-refractivity contribution in [1.29, 1.82) is 0 Å². The van der Waals surface area contributed by atoms with Gasteiger partial charge in [-0.15, -0.1) is 10.2 Å². The minimum absolute atomic E-state index is 0.137. The summed E-state index contributed by atoms with van der Waals surface area (Å²) >= 11 is 0. The van der Waals surface area contributed by atoms with Crippen molar-refractivity contribution in [2.45, 2.75) is 59.0 Å². The first-order valence-electron chi connectivity index (χ1n) is 10.1. The van der Waals surface area contributed by atoms with E-state index in [0.717, 1.165) is 56.7 Å². The zero-order chi connectivity index (χ0) is 19.6. The lowest BCUT2D eigenvalue weighted by atomic mass is 9.73. The highest BCUT2D eigenvalue weighted by Crippen LogP contribution is 2.39. The summed E-state index contributed by atoms with van der Waals surface area (Å²) in [4.78, 5) is 25.6. The molecule has 1 spiro atoms. The molecule has 0 radical (unpaired) electrons. The molecule has 8 nitrogen and oxygen atoms in total. The molecule has 150 valence electrons. The van der Waals surface area contributed by atoms with Crippen molar-refractivity contribution in [3.63, 3.8) is 0 Å². The van der Waals surface area contributed by atoms with Crippen molar-refractivity contribution in [2.24, 2.45) is 5.41 Å². The molecule has 0 aliphatic carbocycles. The molecule has 0 N–H and O–H groups in total. The average Bonchev–Trinajstić information content (AvgIpc) is 3.14. The summed E-state index contributed by atoms with van der Waals surface area (Å²) in [7, 11) is 0. The van der Waals surface area contributed by atoms with Crippen molar-refractivity contribution >= 4 is 5.91 Å². The van der Waals surface area contributed by atoms with E-state index in [1.54, 1.807) is 12.4 Å². The first-order valence-corrected chi connectivity index (χ1v) is 10.1. The SMILES string of the molecule is CCc1nnc(CN2CCCC3(CCC(=O)N(Cc4cnc(C)cn4)C3)C2)o1. The van der Waals surface area contributed by atoms with Crippen LogP contribution in [0.5, 0.6) is 0 Å². The molecule has 0 saturated carbocycles. The van der Waals surface area contributed by atoms with E-state index in [2.05, 4.69) is 25.1 Å². The molecule has 2 aromatic heterocycles. The standard InChI is InChI=1S/C20H28N6O2/c1-3-17-23-24-18(28-17)12-25-8-4-6-20(13-25)7-5-19(27)26(14-20)11-16-10-21-15(2)9-22-16/h9-10H,3-8,11-14H2,1-2H3. The quantitative estimate of drug-likeness (QED) is 0.780. The molecule has 4 rings (SSSR count). The van der Waals surface area contributed by atoms with Crippen molar-refractivity contribution < 1.29 is 9.21 Å². The fraction of sp³-hybridized carbons (Fsp3) is 0.650. The van der Waals surface area contributed by atoms with Crippen LogP contribution >= 0.6 is 0 Å². The Labute approximate surface area is 165 Å². The predicted molar refractivity (Wildman–Crippen MR) is 102 cm³/mol. The number of amides is 1. The van der Waals surface area contributed by atoms with Crippen LogP contribution in [0.1, 0.15) is 55.8 Å². The first kappa shape index (κ1) is 19.0. The molecule has 0 bridgehead atoms. The Morgan fingerprint density at radius 3 is 2.71 bits per heavy atom. The fourth-order valence-corrected chi connectivity index (χ4v) is 4.41. The molecule has 2 fully saturated rings. The van der Waals surface area contributed by atoms with Crippen LogP contribution in [0.15, 0.2) is 16.8 Å². The van der Waals surface area contributed by atoms with Crippen LogP contribution in [0.3, 0.4) is 0 Å². The van der Waals surface area contributed by atoms with Crippen molar-refractivity contribution in [2.75, 3.05) is 19.6 Å². The summed E-state index contributed by atoms with van der Waals surface area (Å²) in [5.74, 6) is 1.59. The van der Waals surface area contributed by atoms with Crippen LogP contribution in [0.4, 0.5) is 0 Å². The van der Waals surface area contributed by atoms with Crippen LogP contribution in [-0.2, 0) is 24.3 Å². The molecule has 0 aromatic carbocycles. The summed E-state index contributed by atoms with van der Waals surface area (Å²) in [6, 6.07) is 0. The van der Waals surface area contributed by atoms with E-state index in [-0.39, 0.29) is 11.3 Å². The smallest absolute Gasteiger partial charge is 0.230 e. The van der Waals surface area contributed by atoms with Gasteiger partial charge in [-0.3, -0.25) is 19.7 Å². The van der Waals surface area contributed by atoms with Crippen molar-refractivity contribution in [3.05, 3.63) is 35.6 Å². The molecule has 1 atom stereocenters. The third-order valence-electron chi connectivity index (χ3n) is 5.85. The van der Waals surface area contributed by atoms with E-state index >= 15 is 0 Å². The summed E-state index contributed by atoms with van der Waals surface area (Å²) in [6.45, 7) is 7.93. The number of hydrogen-bond acceptors (Lipinski definition) is 7. The second-order valence-corrected chi connectivity index (χ2v) is 8.16. The molecule has 28 heavy (non-hydrogen) atoms. The number of aryl methyl sites for hydroxylation is 2. The third kappa shape index (κ3) is 4.22. The van der Waals surface area contributed by atoms with Gasteiger partial charge in [0.1, 0.15) is 0 Å². The monoisotopic (exact) mass is 384 g/mol. The van der Waals surface area contributed by atoms with Crippen LogP contribution in [-0.4, -0.2) is 55.5 Å². The molecule has 2 aliphatic heterocycles. The van der Waals surface area contributed by atoms with E-state index in [1.807, 2.05) is 18.7 Å². The van der Waals surface area contributed by atoms with Crippen molar-refractivity contribution in [1.82, 2.24) is 30.0 Å². The van der Waals surface area contributed by atoms with E-state index < -0.39 is 0 Å². The Balaban J connectivity index is 1.42. The van der Waals surface area contributed by atoms with Gasteiger partial charge < -0.3 is 9.32 Å².